The summed E-state index contributed by atoms with van der Waals surface area (Å²) < 4.78 is 0. The average molecular weight is 243 g/mol. The van der Waals surface area contributed by atoms with Crippen molar-refractivity contribution >= 4 is 5.91 Å². The van der Waals surface area contributed by atoms with Gasteiger partial charge in [0.15, 0.2) is 0 Å². The number of primary amides is 1. The molecule has 0 aliphatic heterocycles. The molecule has 1 amide bonds. The van der Waals surface area contributed by atoms with Crippen LogP contribution >= 0.6 is 0 Å². The molecule has 0 saturated heterocycles. The minimum absolute atomic E-state index is 0.415. The molecule has 4 nitrogen and oxygen atoms in total. The lowest BCUT2D eigenvalue weighted by atomic mass is 9.95. The van der Waals surface area contributed by atoms with Crippen LogP contribution in [0.25, 0.3) is 0 Å². The molecule has 0 aromatic heterocycles. The molecule has 0 radical (unpaired) electrons. The first-order chi connectivity index (χ1) is 7.68. The highest BCUT2D eigenvalue weighted by atomic mass is 16.1. The van der Waals surface area contributed by atoms with Crippen LogP contribution in [0.3, 0.4) is 0 Å². The van der Waals surface area contributed by atoms with Gasteiger partial charge < -0.3 is 16.4 Å². The molecule has 0 aliphatic carbocycles. The highest BCUT2D eigenvalue weighted by Crippen LogP contribution is 2.12. The molecule has 2 atom stereocenters. The van der Waals surface area contributed by atoms with E-state index in [9.17, 15) is 4.79 Å². The molecule has 0 aromatic rings. The second-order valence-electron chi connectivity index (χ2n) is 5.70. The summed E-state index contributed by atoms with van der Waals surface area (Å²) >= 11 is 0. The van der Waals surface area contributed by atoms with Crippen molar-refractivity contribution in [3.8, 4) is 0 Å². The molecule has 0 aromatic carbocycles. The Morgan fingerprint density at radius 2 is 1.82 bits per heavy atom. The van der Waals surface area contributed by atoms with E-state index < -0.39 is 11.4 Å². The maximum Gasteiger partial charge on any atom is 0.237 e. The summed E-state index contributed by atoms with van der Waals surface area (Å²) in [5.41, 5.74) is 10.2. The summed E-state index contributed by atoms with van der Waals surface area (Å²) in [6, 6.07) is 0.579. The third-order valence-electron chi connectivity index (χ3n) is 3.68. The van der Waals surface area contributed by atoms with Crippen molar-refractivity contribution in [2.75, 3.05) is 13.6 Å². The first kappa shape index (κ1) is 16.4. The van der Waals surface area contributed by atoms with Gasteiger partial charge in [-0.15, -0.1) is 0 Å². The molecule has 17 heavy (non-hydrogen) atoms. The highest BCUT2D eigenvalue weighted by Gasteiger charge is 2.24. The zero-order valence-corrected chi connectivity index (χ0v) is 12.0. The Morgan fingerprint density at radius 3 is 2.24 bits per heavy atom. The monoisotopic (exact) mass is 243 g/mol. The molecule has 0 fully saturated rings. The van der Waals surface area contributed by atoms with Crippen LogP contribution in [0.15, 0.2) is 0 Å². The Balaban J connectivity index is 3.82. The van der Waals surface area contributed by atoms with Crippen LogP contribution in [0.5, 0.6) is 0 Å². The predicted molar refractivity (Wildman–Crippen MR) is 72.6 cm³/mol. The van der Waals surface area contributed by atoms with E-state index in [1.165, 1.54) is 0 Å². The smallest absolute Gasteiger partial charge is 0.237 e. The second-order valence-corrected chi connectivity index (χ2v) is 5.70. The van der Waals surface area contributed by atoms with Gasteiger partial charge in [0, 0.05) is 6.04 Å². The number of nitrogens with zero attached hydrogens (tertiary/aromatic N) is 1. The van der Waals surface area contributed by atoms with Crippen LogP contribution in [0.1, 0.15) is 47.0 Å². The van der Waals surface area contributed by atoms with Crippen LogP contribution in [-0.4, -0.2) is 36.0 Å². The number of hydrogen-bond donors (Lipinski definition) is 2. The summed E-state index contributed by atoms with van der Waals surface area (Å²) in [6.45, 7) is 9.43. The van der Waals surface area contributed by atoms with Crippen molar-refractivity contribution in [2.24, 2.45) is 17.4 Å². The van der Waals surface area contributed by atoms with E-state index in [-0.39, 0.29) is 0 Å². The van der Waals surface area contributed by atoms with Crippen LogP contribution in [0, 0.1) is 5.92 Å². The van der Waals surface area contributed by atoms with Gasteiger partial charge in [-0.2, -0.15) is 0 Å². The van der Waals surface area contributed by atoms with E-state index in [2.05, 4.69) is 32.7 Å². The standard InChI is InChI=1S/C13H29N3O/c1-10(2)11(3)16(5)9-7-6-8-13(4,15)12(14)17/h10-11H,6-9,15H2,1-5H3,(H2,14,17). The fraction of sp³-hybridized carbons (Fsp3) is 0.923. The third-order valence-corrected chi connectivity index (χ3v) is 3.68. The van der Waals surface area contributed by atoms with E-state index in [0.29, 0.717) is 18.4 Å². The molecule has 0 spiro atoms. The fourth-order valence-electron chi connectivity index (χ4n) is 1.69. The van der Waals surface area contributed by atoms with Gasteiger partial charge >= 0.3 is 0 Å². The molecule has 0 bridgehead atoms. The average Bonchev–Trinajstić information content (AvgIpc) is 2.22. The Hall–Kier alpha value is -0.610. The van der Waals surface area contributed by atoms with E-state index in [1.54, 1.807) is 6.92 Å². The van der Waals surface area contributed by atoms with Gasteiger partial charge in [0.1, 0.15) is 0 Å². The first-order valence-electron chi connectivity index (χ1n) is 6.47. The number of carbonyl (C=O) groups is 1. The van der Waals surface area contributed by atoms with E-state index >= 15 is 0 Å². The van der Waals surface area contributed by atoms with Crippen LogP contribution < -0.4 is 11.5 Å². The minimum Gasteiger partial charge on any atom is -0.368 e. The van der Waals surface area contributed by atoms with Gasteiger partial charge in [0.05, 0.1) is 5.54 Å². The number of nitrogens with two attached hydrogens (primary N) is 2. The summed E-state index contributed by atoms with van der Waals surface area (Å²) in [7, 11) is 2.14. The number of hydrogen-bond acceptors (Lipinski definition) is 3. The maximum absolute atomic E-state index is 11.0. The van der Waals surface area contributed by atoms with Crippen molar-refractivity contribution in [1.29, 1.82) is 0 Å². The molecular formula is C13H29N3O. The normalized spacial score (nSPS) is 17.2. The SMILES string of the molecule is CC(C)C(C)N(C)CCCCC(C)(N)C(N)=O. The molecule has 0 saturated carbocycles. The fourth-order valence-corrected chi connectivity index (χ4v) is 1.69. The Kier molecular flexibility index (Phi) is 6.72. The van der Waals surface area contributed by atoms with Gasteiger partial charge in [-0.05, 0) is 52.6 Å². The van der Waals surface area contributed by atoms with Gasteiger partial charge in [0.2, 0.25) is 5.91 Å². The molecule has 0 rings (SSSR count). The molecule has 0 aliphatic rings. The summed E-state index contributed by atoms with van der Waals surface area (Å²) in [5, 5.41) is 0. The summed E-state index contributed by atoms with van der Waals surface area (Å²) in [4.78, 5) is 13.4. The van der Waals surface area contributed by atoms with Crippen molar-refractivity contribution < 1.29 is 4.79 Å². The largest absolute Gasteiger partial charge is 0.368 e. The number of unbranched alkanes of at least 4 members (excludes halogenated alkanes) is 1. The van der Waals surface area contributed by atoms with Gasteiger partial charge in [0.25, 0.3) is 0 Å². The van der Waals surface area contributed by atoms with E-state index in [4.69, 9.17) is 11.5 Å². The minimum atomic E-state index is -0.859. The Labute approximate surface area is 106 Å². The zero-order chi connectivity index (χ0) is 13.6. The molecule has 102 valence electrons. The molecule has 4 heteroatoms. The number of carbonyl (C=O) groups excluding carboxylic acids is 1. The van der Waals surface area contributed by atoms with Crippen molar-refractivity contribution in [1.82, 2.24) is 4.90 Å². The highest BCUT2D eigenvalue weighted by molar-refractivity contribution is 5.83. The van der Waals surface area contributed by atoms with Crippen molar-refractivity contribution in [3.05, 3.63) is 0 Å². The van der Waals surface area contributed by atoms with E-state index in [1.807, 2.05) is 0 Å². The zero-order valence-electron chi connectivity index (χ0n) is 12.0. The number of rotatable bonds is 8. The summed E-state index contributed by atoms with van der Waals surface area (Å²) in [5.74, 6) is 0.242. The van der Waals surface area contributed by atoms with Crippen molar-refractivity contribution in [3.63, 3.8) is 0 Å². The van der Waals surface area contributed by atoms with Crippen LogP contribution in [0.4, 0.5) is 0 Å². The molecule has 0 heterocycles. The molecular weight excluding hydrogens is 214 g/mol. The molecule has 4 N–H and O–H groups in total. The van der Waals surface area contributed by atoms with Gasteiger partial charge in [-0.25, -0.2) is 0 Å². The number of amides is 1. The quantitative estimate of drug-likeness (QED) is 0.632. The molecule has 2 unspecified atom stereocenters. The van der Waals surface area contributed by atoms with Crippen molar-refractivity contribution in [2.45, 2.75) is 58.5 Å². The van der Waals surface area contributed by atoms with Gasteiger partial charge in [-0.1, -0.05) is 13.8 Å². The Bertz CT molecular complexity index is 239. The van der Waals surface area contributed by atoms with Gasteiger partial charge in [-0.3, -0.25) is 4.79 Å². The predicted octanol–water partition coefficient (Wildman–Crippen LogP) is 1.34. The lowest BCUT2D eigenvalue weighted by Crippen LogP contribution is -2.49. The maximum atomic E-state index is 11.0. The topological polar surface area (TPSA) is 72.3 Å². The van der Waals surface area contributed by atoms with E-state index in [0.717, 1.165) is 19.4 Å². The van der Waals surface area contributed by atoms with Crippen LogP contribution in [0.2, 0.25) is 0 Å². The second kappa shape index (κ2) is 6.97. The van der Waals surface area contributed by atoms with Crippen LogP contribution in [-0.2, 0) is 4.79 Å². The lowest BCUT2D eigenvalue weighted by Gasteiger charge is -2.28. The summed E-state index contributed by atoms with van der Waals surface area (Å²) in [6.07, 6.45) is 2.64. The lowest BCUT2D eigenvalue weighted by molar-refractivity contribution is -0.122. The third kappa shape index (κ3) is 6.03. The Morgan fingerprint density at radius 1 is 1.29 bits per heavy atom. The first-order valence-corrected chi connectivity index (χ1v) is 6.47.